The predicted octanol–water partition coefficient (Wildman–Crippen LogP) is 5.10. The van der Waals surface area contributed by atoms with E-state index in [1.54, 1.807) is 17.8 Å². The first-order chi connectivity index (χ1) is 9.22. The minimum atomic E-state index is 0.960. The Hall–Kier alpha value is -1.80. The van der Waals surface area contributed by atoms with Crippen molar-refractivity contribution in [1.82, 2.24) is 4.98 Å². The molecule has 2 heteroatoms. The Kier molecular flexibility index (Phi) is 4.58. The quantitative estimate of drug-likeness (QED) is 0.552. The Morgan fingerprint density at radius 1 is 1.16 bits per heavy atom. The van der Waals surface area contributed by atoms with Crippen LogP contribution in [-0.2, 0) is 6.42 Å². The van der Waals surface area contributed by atoms with E-state index in [0.29, 0.717) is 0 Å². The van der Waals surface area contributed by atoms with Crippen LogP contribution >= 0.6 is 11.8 Å². The summed E-state index contributed by atoms with van der Waals surface area (Å²) in [6.07, 6.45) is 4.68. The monoisotopic (exact) mass is 267 g/mol. The molecular weight excluding hydrogens is 250 g/mol. The van der Waals surface area contributed by atoms with Gasteiger partial charge in [-0.25, -0.2) is 0 Å². The molecule has 1 nitrogen and oxygen atoms in total. The van der Waals surface area contributed by atoms with Gasteiger partial charge in [0.15, 0.2) is 0 Å². The Bertz CT molecular complexity index is 567. The second kappa shape index (κ2) is 6.39. The van der Waals surface area contributed by atoms with Gasteiger partial charge in [0.1, 0.15) is 0 Å². The molecule has 1 aromatic carbocycles. The van der Waals surface area contributed by atoms with E-state index < -0.39 is 0 Å². The van der Waals surface area contributed by atoms with Crippen LogP contribution in [0, 0.1) is 0 Å². The summed E-state index contributed by atoms with van der Waals surface area (Å²) in [7, 11) is 0. The lowest BCUT2D eigenvalue weighted by Crippen LogP contribution is -1.86. The lowest BCUT2D eigenvalue weighted by Gasteiger charge is -2.05. The number of hydrogen-bond acceptors (Lipinski definition) is 2. The van der Waals surface area contributed by atoms with Crippen molar-refractivity contribution < 1.29 is 0 Å². The standard InChI is InChI=1S/C17H17NS/c1-4-13(3)19-17-10-7-14(8-11-17)15-6-9-16(5-2)18-12-15/h4,6-12H,1,3,5H2,2H3. The average molecular weight is 267 g/mol. The topological polar surface area (TPSA) is 12.9 Å². The third-order valence-electron chi connectivity index (χ3n) is 2.85. The molecule has 0 unspecified atom stereocenters. The van der Waals surface area contributed by atoms with Crippen LogP contribution in [0.4, 0.5) is 0 Å². The summed E-state index contributed by atoms with van der Waals surface area (Å²) in [6.45, 7) is 9.72. The zero-order chi connectivity index (χ0) is 13.7. The van der Waals surface area contributed by atoms with Crippen LogP contribution in [0.15, 0.2) is 71.6 Å². The van der Waals surface area contributed by atoms with E-state index >= 15 is 0 Å². The maximum atomic E-state index is 4.43. The Labute approximate surface area is 119 Å². The van der Waals surface area contributed by atoms with E-state index in [9.17, 15) is 0 Å². The molecule has 0 aliphatic carbocycles. The Balaban J connectivity index is 2.17. The third-order valence-corrected chi connectivity index (χ3v) is 3.79. The van der Waals surface area contributed by atoms with Crippen LogP contribution in [0.25, 0.3) is 11.1 Å². The molecule has 2 aromatic rings. The van der Waals surface area contributed by atoms with E-state index in [1.807, 2.05) is 6.20 Å². The molecule has 0 spiro atoms. The van der Waals surface area contributed by atoms with Crippen molar-refractivity contribution in [2.45, 2.75) is 18.2 Å². The van der Waals surface area contributed by atoms with Crippen LogP contribution in [0.1, 0.15) is 12.6 Å². The number of hydrogen-bond donors (Lipinski definition) is 0. The molecule has 96 valence electrons. The summed E-state index contributed by atoms with van der Waals surface area (Å²) < 4.78 is 0. The van der Waals surface area contributed by atoms with Crippen LogP contribution in [0.5, 0.6) is 0 Å². The van der Waals surface area contributed by atoms with Gasteiger partial charge in [0.2, 0.25) is 0 Å². The first-order valence-electron chi connectivity index (χ1n) is 6.27. The van der Waals surface area contributed by atoms with Gasteiger partial charge in [0.25, 0.3) is 0 Å². The largest absolute Gasteiger partial charge is 0.261 e. The molecule has 1 heterocycles. The maximum Gasteiger partial charge on any atom is 0.0401 e. The normalized spacial score (nSPS) is 10.2. The molecule has 0 fully saturated rings. The van der Waals surface area contributed by atoms with Gasteiger partial charge in [-0.1, -0.05) is 56.1 Å². The van der Waals surface area contributed by atoms with Gasteiger partial charge >= 0.3 is 0 Å². The molecule has 0 amide bonds. The van der Waals surface area contributed by atoms with Crippen LogP contribution in [0.3, 0.4) is 0 Å². The maximum absolute atomic E-state index is 4.43. The zero-order valence-electron chi connectivity index (χ0n) is 11.1. The van der Waals surface area contributed by atoms with Gasteiger partial charge < -0.3 is 0 Å². The second-order valence-electron chi connectivity index (χ2n) is 4.19. The third kappa shape index (κ3) is 3.58. The van der Waals surface area contributed by atoms with Crippen molar-refractivity contribution >= 4 is 11.8 Å². The molecule has 2 rings (SSSR count). The highest BCUT2D eigenvalue weighted by molar-refractivity contribution is 8.03. The SMILES string of the molecule is C=CC(=C)Sc1ccc(-c2ccc(CC)nc2)cc1. The highest BCUT2D eigenvalue weighted by Gasteiger charge is 2.00. The zero-order valence-corrected chi connectivity index (χ0v) is 11.9. The van der Waals surface area contributed by atoms with Crippen molar-refractivity contribution in [3.05, 3.63) is 72.4 Å². The van der Waals surface area contributed by atoms with E-state index in [4.69, 9.17) is 0 Å². The molecule has 0 saturated carbocycles. The lowest BCUT2D eigenvalue weighted by molar-refractivity contribution is 1.04. The highest BCUT2D eigenvalue weighted by Crippen LogP contribution is 2.28. The molecule has 0 aliphatic heterocycles. The fraction of sp³-hybridized carbons (Fsp3) is 0.118. The van der Waals surface area contributed by atoms with E-state index in [1.165, 1.54) is 10.5 Å². The van der Waals surface area contributed by atoms with Crippen molar-refractivity contribution in [2.75, 3.05) is 0 Å². The summed E-state index contributed by atoms with van der Waals surface area (Å²) in [6, 6.07) is 12.6. The summed E-state index contributed by atoms with van der Waals surface area (Å²) in [5, 5.41) is 0. The number of benzene rings is 1. The molecule has 0 N–H and O–H groups in total. The van der Waals surface area contributed by atoms with Crippen LogP contribution < -0.4 is 0 Å². The number of allylic oxidation sites excluding steroid dienone is 1. The van der Waals surface area contributed by atoms with E-state index in [0.717, 1.165) is 22.6 Å². The van der Waals surface area contributed by atoms with E-state index in [-0.39, 0.29) is 0 Å². The van der Waals surface area contributed by atoms with Gasteiger partial charge in [-0.3, -0.25) is 4.98 Å². The van der Waals surface area contributed by atoms with Crippen molar-refractivity contribution in [3.8, 4) is 11.1 Å². The number of rotatable bonds is 5. The number of aryl methyl sites for hydroxylation is 1. The first-order valence-corrected chi connectivity index (χ1v) is 7.09. The number of pyridine rings is 1. The fourth-order valence-corrected chi connectivity index (χ4v) is 2.37. The van der Waals surface area contributed by atoms with Gasteiger partial charge in [0.05, 0.1) is 0 Å². The highest BCUT2D eigenvalue weighted by atomic mass is 32.2. The number of nitrogens with zero attached hydrogens (tertiary/aromatic N) is 1. The van der Waals surface area contributed by atoms with Crippen molar-refractivity contribution in [1.29, 1.82) is 0 Å². The summed E-state index contributed by atoms with van der Waals surface area (Å²) in [4.78, 5) is 6.56. The molecule has 1 aromatic heterocycles. The predicted molar refractivity (Wildman–Crippen MR) is 84.2 cm³/mol. The summed E-state index contributed by atoms with van der Waals surface area (Å²) >= 11 is 1.63. The molecule has 0 radical (unpaired) electrons. The Morgan fingerprint density at radius 2 is 1.84 bits per heavy atom. The van der Waals surface area contributed by atoms with Crippen molar-refractivity contribution in [3.63, 3.8) is 0 Å². The second-order valence-corrected chi connectivity index (χ2v) is 5.39. The first kappa shape index (κ1) is 13.6. The molecule has 0 saturated heterocycles. The summed E-state index contributed by atoms with van der Waals surface area (Å²) in [5.74, 6) is 0. The minimum absolute atomic E-state index is 0.960. The molecule has 19 heavy (non-hydrogen) atoms. The molecule has 0 atom stereocenters. The molecule has 0 aliphatic rings. The van der Waals surface area contributed by atoms with Gasteiger partial charge in [0, 0.05) is 27.3 Å². The van der Waals surface area contributed by atoms with Gasteiger partial charge in [-0.05, 0) is 30.2 Å². The van der Waals surface area contributed by atoms with Crippen LogP contribution in [-0.4, -0.2) is 4.98 Å². The van der Waals surface area contributed by atoms with Crippen LogP contribution in [0.2, 0.25) is 0 Å². The number of thioether (sulfide) groups is 1. The summed E-state index contributed by atoms with van der Waals surface area (Å²) in [5.41, 5.74) is 3.46. The van der Waals surface area contributed by atoms with E-state index in [2.05, 4.69) is 61.5 Å². The smallest absolute Gasteiger partial charge is 0.0401 e. The number of aromatic nitrogens is 1. The van der Waals surface area contributed by atoms with Gasteiger partial charge in [-0.2, -0.15) is 0 Å². The molecular formula is C17H17NS. The minimum Gasteiger partial charge on any atom is -0.261 e. The Morgan fingerprint density at radius 3 is 2.37 bits per heavy atom. The average Bonchev–Trinajstić information content (AvgIpc) is 2.48. The molecule has 0 bridgehead atoms. The van der Waals surface area contributed by atoms with Gasteiger partial charge in [-0.15, -0.1) is 0 Å². The van der Waals surface area contributed by atoms with Crippen molar-refractivity contribution in [2.24, 2.45) is 0 Å². The lowest BCUT2D eigenvalue weighted by atomic mass is 10.1. The fourth-order valence-electron chi connectivity index (χ4n) is 1.71.